The monoisotopic (exact) mass is 395 g/mol. The van der Waals surface area contributed by atoms with Gasteiger partial charge in [-0.2, -0.15) is 0 Å². The molecule has 0 saturated heterocycles. The lowest BCUT2D eigenvalue weighted by molar-refractivity contribution is 0.102. The second-order valence-electron chi connectivity index (χ2n) is 6.63. The summed E-state index contributed by atoms with van der Waals surface area (Å²) in [6.07, 6.45) is 1.62. The van der Waals surface area contributed by atoms with Gasteiger partial charge in [0.1, 0.15) is 11.4 Å². The number of para-hydroxylation sites is 3. The summed E-state index contributed by atoms with van der Waals surface area (Å²) in [6, 6.07) is 30.4. The summed E-state index contributed by atoms with van der Waals surface area (Å²) in [7, 11) is 0. The third-order valence-electron chi connectivity index (χ3n) is 4.44. The number of hydrogen-bond acceptors (Lipinski definition) is 4. The van der Waals surface area contributed by atoms with Gasteiger partial charge in [0.05, 0.1) is 5.69 Å². The van der Waals surface area contributed by atoms with Crippen LogP contribution in [0.5, 0.6) is 11.5 Å². The molecule has 30 heavy (non-hydrogen) atoms. The Hall–Kier alpha value is -4.12. The molecule has 3 aromatic carbocycles. The van der Waals surface area contributed by atoms with Crippen molar-refractivity contribution < 1.29 is 9.53 Å². The predicted molar refractivity (Wildman–Crippen MR) is 119 cm³/mol. The third-order valence-corrected chi connectivity index (χ3v) is 4.44. The van der Waals surface area contributed by atoms with Crippen LogP contribution in [0.3, 0.4) is 0 Å². The van der Waals surface area contributed by atoms with Crippen LogP contribution in [0.4, 0.5) is 11.4 Å². The van der Waals surface area contributed by atoms with Gasteiger partial charge in [0.15, 0.2) is 5.75 Å². The number of anilines is 2. The molecule has 0 bridgehead atoms. The smallest absolute Gasteiger partial charge is 0.274 e. The zero-order chi connectivity index (χ0) is 20.6. The number of amides is 1. The number of nitrogens with zero attached hydrogens (tertiary/aromatic N) is 1. The van der Waals surface area contributed by atoms with E-state index in [-0.39, 0.29) is 5.91 Å². The van der Waals surface area contributed by atoms with Crippen LogP contribution in [0.15, 0.2) is 103 Å². The molecule has 0 saturated carbocycles. The van der Waals surface area contributed by atoms with Gasteiger partial charge in [0.25, 0.3) is 5.91 Å². The average Bonchev–Trinajstić information content (AvgIpc) is 2.80. The standard InChI is InChI=1S/C25H21N3O2/c29-25(23-17-20(15-16-26-23)27-18-19-9-3-1-4-10-19)28-22-13-7-8-14-24(22)30-21-11-5-2-6-12-21/h1-17H,18H2,(H,26,27)(H,28,29). The van der Waals surface area contributed by atoms with Gasteiger partial charge in [-0.15, -0.1) is 0 Å². The third kappa shape index (κ3) is 5.02. The molecule has 5 nitrogen and oxygen atoms in total. The van der Waals surface area contributed by atoms with Gasteiger partial charge in [-0.3, -0.25) is 9.78 Å². The highest BCUT2D eigenvalue weighted by Crippen LogP contribution is 2.29. The molecular weight excluding hydrogens is 374 g/mol. The van der Waals surface area contributed by atoms with E-state index in [0.717, 1.165) is 11.3 Å². The lowest BCUT2D eigenvalue weighted by atomic mass is 10.2. The van der Waals surface area contributed by atoms with Crippen LogP contribution in [-0.2, 0) is 6.54 Å². The van der Waals surface area contributed by atoms with Gasteiger partial charge >= 0.3 is 0 Å². The Bertz CT molecular complexity index is 1120. The Morgan fingerprint density at radius 2 is 1.53 bits per heavy atom. The Labute approximate surface area is 175 Å². The largest absolute Gasteiger partial charge is 0.455 e. The highest BCUT2D eigenvalue weighted by atomic mass is 16.5. The number of nitrogens with one attached hydrogen (secondary N) is 2. The van der Waals surface area contributed by atoms with Crippen molar-refractivity contribution in [2.45, 2.75) is 6.54 Å². The van der Waals surface area contributed by atoms with E-state index in [9.17, 15) is 4.79 Å². The molecule has 4 rings (SSSR count). The van der Waals surface area contributed by atoms with Crippen LogP contribution in [0.1, 0.15) is 16.1 Å². The Kier molecular flexibility index (Phi) is 6.01. The summed E-state index contributed by atoms with van der Waals surface area (Å²) in [4.78, 5) is 17.0. The molecule has 2 N–H and O–H groups in total. The fourth-order valence-corrected chi connectivity index (χ4v) is 2.93. The number of aromatic nitrogens is 1. The summed E-state index contributed by atoms with van der Waals surface area (Å²) >= 11 is 0. The Balaban J connectivity index is 1.45. The summed E-state index contributed by atoms with van der Waals surface area (Å²) in [5.74, 6) is 0.960. The molecule has 1 heterocycles. The highest BCUT2D eigenvalue weighted by Gasteiger charge is 2.12. The number of hydrogen-bond donors (Lipinski definition) is 2. The summed E-state index contributed by atoms with van der Waals surface area (Å²) in [5.41, 5.74) is 2.89. The topological polar surface area (TPSA) is 63.2 Å². The van der Waals surface area contributed by atoms with Gasteiger partial charge in [0.2, 0.25) is 0 Å². The first-order valence-corrected chi connectivity index (χ1v) is 9.65. The van der Waals surface area contributed by atoms with E-state index in [1.165, 1.54) is 0 Å². The molecule has 4 aromatic rings. The van der Waals surface area contributed by atoms with E-state index in [0.29, 0.717) is 29.4 Å². The fourth-order valence-electron chi connectivity index (χ4n) is 2.93. The molecule has 5 heteroatoms. The first-order chi connectivity index (χ1) is 14.8. The van der Waals surface area contributed by atoms with Crippen molar-refractivity contribution in [3.05, 3.63) is 115 Å². The maximum absolute atomic E-state index is 12.8. The summed E-state index contributed by atoms with van der Waals surface area (Å²) < 4.78 is 5.91. The van der Waals surface area contributed by atoms with Crippen LogP contribution in [0.2, 0.25) is 0 Å². The minimum Gasteiger partial charge on any atom is -0.455 e. The van der Waals surface area contributed by atoms with Crippen LogP contribution in [0, 0.1) is 0 Å². The number of benzene rings is 3. The van der Waals surface area contributed by atoms with Crippen molar-refractivity contribution in [2.75, 3.05) is 10.6 Å². The quantitative estimate of drug-likeness (QED) is 0.419. The lowest BCUT2D eigenvalue weighted by Gasteiger charge is -2.12. The van der Waals surface area contributed by atoms with Crippen molar-refractivity contribution in [3.63, 3.8) is 0 Å². The predicted octanol–water partition coefficient (Wildman–Crippen LogP) is 5.74. The van der Waals surface area contributed by atoms with E-state index in [1.54, 1.807) is 18.3 Å². The molecule has 1 aromatic heterocycles. The van der Waals surface area contributed by atoms with Gasteiger partial charge in [-0.1, -0.05) is 60.7 Å². The first-order valence-electron chi connectivity index (χ1n) is 9.65. The molecule has 0 atom stereocenters. The van der Waals surface area contributed by atoms with E-state index in [1.807, 2.05) is 84.9 Å². The first kappa shape index (κ1) is 19.2. The van der Waals surface area contributed by atoms with Gasteiger partial charge in [-0.05, 0) is 42.0 Å². The number of carbonyl (C=O) groups excluding carboxylic acids is 1. The van der Waals surface area contributed by atoms with Crippen LogP contribution >= 0.6 is 0 Å². The van der Waals surface area contributed by atoms with Crippen molar-refractivity contribution >= 4 is 17.3 Å². The second-order valence-corrected chi connectivity index (χ2v) is 6.63. The van der Waals surface area contributed by atoms with Crippen molar-refractivity contribution in [3.8, 4) is 11.5 Å². The average molecular weight is 395 g/mol. The van der Waals surface area contributed by atoms with Crippen LogP contribution < -0.4 is 15.4 Å². The van der Waals surface area contributed by atoms with Gasteiger partial charge in [0, 0.05) is 18.4 Å². The molecule has 0 radical (unpaired) electrons. The zero-order valence-electron chi connectivity index (χ0n) is 16.3. The molecule has 0 aliphatic carbocycles. The van der Waals surface area contributed by atoms with Crippen molar-refractivity contribution in [1.82, 2.24) is 4.98 Å². The van der Waals surface area contributed by atoms with Crippen molar-refractivity contribution in [2.24, 2.45) is 0 Å². The number of ether oxygens (including phenoxy) is 1. The molecule has 0 aliphatic rings. The normalized spacial score (nSPS) is 10.3. The maximum Gasteiger partial charge on any atom is 0.274 e. The molecule has 0 spiro atoms. The minimum atomic E-state index is -0.303. The second kappa shape index (κ2) is 9.39. The van der Waals surface area contributed by atoms with E-state index < -0.39 is 0 Å². The number of pyridine rings is 1. The summed E-state index contributed by atoms with van der Waals surface area (Å²) in [5, 5.41) is 6.21. The number of carbonyl (C=O) groups is 1. The van der Waals surface area contributed by atoms with Crippen LogP contribution in [0.25, 0.3) is 0 Å². The fraction of sp³-hybridized carbons (Fsp3) is 0.0400. The Morgan fingerprint density at radius 3 is 2.33 bits per heavy atom. The van der Waals surface area contributed by atoms with E-state index >= 15 is 0 Å². The molecule has 148 valence electrons. The van der Waals surface area contributed by atoms with Crippen LogP contribution in [-0.4, -0.2) is 10.9 Å². The van der Waals surface area contributed by atoms with Gasteiger partial charge < -0.3 is 15.4 Å². The minimum absolute atomic E-state index is 0.303. The molecule has 1 amide bonds. The molecule has 0 fully saturated rings. The molecular formula is C25H21N3O2. The van der Waals surface area contributed by atoms with Gasteiger partial charge in [-0.25, -0.2) is 0 Å². The molecule has 0 unspecified atom stereocenters. The zero-order valence-corrected chi connectivity index (χ0v) is 16.3. The number of rotatable bonds is 7. The SMILES string of the molecule is O=C(Nc1ccccc1Oc1ccccc1)c1cc(NCc2ccccc2)ccn1. The Morgan fingerprint density at radius 1 is 0.833 bits per heavy atom. The van der Waals surface area contributed by atoms with E-state index in [4.69, 9.17) is 4.74 Å². The lowest BCUT2D eigenvalue weighted by Crippen LogP contribution is -2.14. The maximum atomic E-state index is 12.8. The van der Waals surface area contributed by atoms with E-state index in [2.05, 4.69) is 15.6 Å². The highest BCUT2D eigenvalue weighted by molar-refractivity contribution is 6.04. The molecule has 0 aliphatic heterocycles. The van der Waals surface area contributed by atoms with Crippen molar-refractivity contribution in [1.29, 1.82) is 0 Å². The summed E-state index contributed by atoms with van der Waals surface area (Å²) in [6.45, 7) is 0.666.